The maximum Gasteiger partial charge on any atom is 0.159 e. The second-order valence-corrected chi connectivity index (χ2v) is 3.38. The summed E-state index contributed by atoms with van der Waals surface area (Å²) in [6.45, 7) is 1.03. The van der Waals surface area contributed by atoms with E-state index in [0.29, 0.717) is 18.7 Å². The normalized spacial score (nSPS) is 10.6. The zero-order valence-corrected chi connectivity index (χ0v) is 8.41. The molecule has 0 radical (unpaired) electrons. The molecule has 0 aliphatic carbocycles. The summed E-state index contributed by atoms with van der Waals surface area (Å²) in [6, 6.07) is 3.83. The van der Waals surface area contributed by atoms with Crippen molar-refractivity contribution in [2.24, 2.45) is 0 Å². The number of nitrogens with one attached hydrogen (secondary N) is 1. The minimum Gasteiger partial charge on any atom is -0.364 e. The molecule has 0 spiro atoms. The molecule has 0 amide bonds. The van der Waals surface area contributed by atoms with Gasteiger partial charge in [-0.15, -0.1) is 0 Å². The van der Waals surface area contributed by atoms with E-state index in [-0.39, 0.29) is 0 Å². The highest BCUT2D eigenvalue weighted by Gasteiger charge is 2.02. The van der Waals surface area contributed by atoms with Crippen LogP contribution in [0, 0.1) is 11.6 Å². The van der Waals surface area contributed by atoms with Gasteiger partial charge in [0.15, 0.2) is 11.6 Å². The molecule has 2 rings (SSSR count). The number of nitrogens with zero attached hydrogens (tertiary/aromatic N) is 1. The Hall–Kier alpha value is -1.75. The van der Waals surface area contributed by atoms with E-state index in [1.165, 1.54) is 12.3 Å². The van der Waals surface area contributed by atoms with Gasteiger partial charge in [-0.1, -0.05) is 11.2 Å². The second-order valence-electron chi connectivity index (χ2n) is 3.38. The van der Waals surface area contributed by atoms with Crippen LogP contribution >= 0.6 is 0 Å². The van der Waals surface area contributed by atoms with Gasteiger partial charge in [0, 0.05) is 18.7 Å². The van der Waals surface area contributed by atoms with E-state index in [1.54, 1.807) is 12.3 Å². The molecule has 0 atom stereocenters. The summed E-state index contributed by atoms with van der Waals surface area (Å²) >= 11 is 0. The van der Waals surface area contributed by atoms with Gasteiger partial charge < -0.3 is 9.84 Å². The van der Waals surface area contributed by atoms with Crippen LogP contribution in [0.1, 0.15) is 11.1 Å². The molecular weight excluding hydrogens is 214 g/mol. The van der Waals surface area contributed by atoms with E-state index in [2.05, 4.69) is 15.0 Å². The zero-order chi connectivity index (χ0) is 11.4. The topological polar surface area (TPSA) is 38.1 Å². The van der Waals surface area contributed by atoms with Gasteiger partial charge in [0.1, 0.15) is 6.26 Å². The SMILES string of the molecule is Fc1ccc(CNCc2cnoc2)cc1F. The number of rotatable bonds is 4. The Morgan fingerprint density at radius 1 is 1.12 bits per heavy atom. The van der Waals surface area contributed by atoms with Crippen molar-refractivity contribution in [2.45, 2.75) is 13.1 Å². The predicted octanol–water partition coefficient (Wildman–Crippen LogP) is 2.24. The number of halogens is 2. The lowest BCUT2D eigenvalue weighted by Crippen LogP contribution is -2.12. The first-order valence-corrected chi connectivity index (χ1v) is 4.78. The molecule has 0 unspecified atom stereocenters. The van der Waals surface area contributed by atoms with Gasteiger partial charge in [-0.2, -0.15) is 0 Å². The fourth-order valence-corrected chi connectivity index (χ4v) is 1.31. The van der Waals surface area contributed by atoms with Crippen LogP contribution in [0.3, 0.4) is 0 Å². The molecule has 0 aliphatic heterocycles. The van der Waals surface area contributed by atoms with Crippen LogP contribution in [0.5, 0.6) is 0 Å². The number of hydrogen-bond donors (Lipinski definition) is 1. The first-order chi connectivity index (χ1) is 7.75. The summed E-state index contributed by atoms with van der Waals surface area (Å²) in [5.74, 6) is -1.66. The molecule has 1 aromatic heterocycles. The Morgan fingerprint density at radius 2 is 1.94 bits per heavy atom. The molecule has 16 heavy (non-hydrogen) atoms. The third kappa shape index (κ3) is 2.64. The molecule has 0 fully saturated rings. The maximum absolute atomic E-state index is 12.9. The fourth-order valence-electron chi connectivity index (χ4n) is 1.31. The van der Waals surface area contributed by atoms with Crippen molar-refractivity contribution in [1.29, 1.82) is 0 Å². The lowest BCUT2D eigenvalue weighted by Gasteiger charge is -2.03. The molecule has 2 aromatic rings. The Kier molecular flexibility index (Phi) is 3.26. The van der Waals surface area contributed by atoms with Crippen LogP contribution < -0.4 is 5.32 Å². The van der Waals surface area contributed by atoms with Crippen LogP contribution in [-0.2, 0) is 13.1 Å². The smallest absolute Gasteiger partial charge is 0.159 e. The number of hydrogen-bond acceptors (Lipinski definition) is 3. The molecular formula is C11H10F2N2O. The summed E-state index contributed by atoms with van der Waals surface area (Å²) in [6.07, 6.45) is 3.12. The zero-order valence-electron chi connectivity index (χ0n) is 8.41. The summed E-state index contributed by atoms with van der Waals surface area (Å²) in [4.78, 5) is 0. The molecule has 3 nitrogen and oxygen atoms in total. The molecule has 1 heterocycles. The van der Waals surface area contributed by atoms with Crippen LogP contribution in [-0.4, -0.2) is 5.16 Å². The first kappa shape index (κ1) is 10.8. The van der Waals surface area contributed by atoms with E-state index in [0.717, 1.165) is 11.6 Å². The first-order valence-electron chi connectivity index (χ1n) is 4.78. The molecule has 0 aliphatic rings. The highest BCUT2D eigenvalue weighted by atomic mass is 19.2. The quantitative estimate of drug-likeness (QED) is 0.865. The second kappa shape index (κ2) is 4.85. The van der Waals surface area contributed by atoms with Crippen molar-refractivity contribution in [3.05, 3.63) is 53.4 Å². The van der Waals surface area contributed by atoms with Gasteiger partial charge in [-0.3, -0.25) is 0 Å². The Labute approximate surface area is 91.1 Å². The van der Waals surface area contributed by atoms with Crippen molar-refractivity contribution in [2.75, 3.05) is 0 Å². The van der Waals surface area contributed by atoms with E-state index < -0.39 is 11.6 Å². The molecule has 5 heteroatoms. The van der Waals surface area contributed by atoms with Crippen LogP contribution in [0.15, 0.2) is 35.2 Å². The fraction of sp³-hybridized carbons (Fsp3) is 0.182. The summed E-state index contributed by atoms with van der Waals surface area (Å²) in [7, 11) is 0. The molecule has 1 N–H and O–H groups in total. The molecule has 0 saturated heterocycles. The minimum absolute atomic E-state index is 0.461. The molecule has 0 saturated carbocycles. The average molecular weight is 224 g/mol. The van der Waals surface area contributed by atoms with Crippen molar-refractivity contribution in [3.8, 4) is 0 Å². The Bertz CT molecular complexity index is 457. The lowest BCUT2D eigenvalue weighted by molar-refractivity contribution is 0.418. The third-order valence-corrected chi connectivity index (χ3v) is 2.13. The van der Waals surface area contributed by atoms with E-state index in [1.807, 2.05) is 0 Å². The van der Waals surface area contributed by atoms with Gasteiger partial charge >= 0.3 is 0 Å². The third-order valence-electron chi connectivity index (χ3n) is 2.13. The number of benzene rings is 1. The van der Waals surface area contributed by atoms with Crippen molar-refractivity contribution < 1.29 is 13.3 Å². The van der Waals surface area contributed by atoms with Crippen LogP contribution in [0.2, 0.25) is 0 Å². The van der Waals surface area contributed by atoms with Crippen molar-refractivity contribution in [1.82, 2.24) is 10.5 Å². The lowest BCUT2D eigenvalue weighted by atomic mass is 10.2. The van der Waals surface area contributed by atoms with Gasteiger partial charge in [-0.05, 0) is 17.7 Å². The highest BCUT2D eigenvalue weighted by Crippen LogP contribution is 2.08. The Morgan fingerprint density at radius 3 is 2.62 bits per heavy atom. The minimum atomic E-state index is -0.831. The van der Waals surface area contributed by atoms with E-state index in [9.17, 15) is 8.78 Å². The van der Waals surface area contributed by atoms with E-state index in [4.69, 9.17) is 0 Å². The van der Waals surface area contributed by atoms with Crippen molar-refractivity contribution in [3.63, 3.8) is 0 Å². The number of aromatic nitrogens is 1. The molecule has 0 bridgehead atoms. The van der Waals surface area contributed by atoms with Crippen LogP contribution in [0.4, 0.5) is 8.78 Å². The van der Waals surface area contributed by atoms with Gasteiger partial charge in [-0.25, -0.2) is 8.78 Å². The van der Waals surface area contributed by atoms with Gasteiger partial charge in [0.25, 0.3) is 0 Å². The van der Waals surface area contributed by atoms with Gasteiger partial charge in [0.2, 0.25) is 0 Å². The summed E-state index contributed by atoms with van der Waals surface area (Å²) < 4.78 is 30.1. The molecule has 1 aromatic carbocycles. The molecule has 84 valence electrons. The monoisotopic (exact) mass is 224 g/mol. The van der Waals surface area contributed by atoms with Crippen LogP contribution in [0.25, 0.3) is 0 Å². The predicted molar refractivity (Wildman–Crippen MR) is 53.4 cm³/mol. The average Bonchev–Trinajstić information content (AvgIpc) is 2.76. The van der Waals surface area contributed by atoms with Gasteiger partial charge in [0.05, 0.1) is 6.20 Å². The maximum atomic E-state index is 12.9. The standard InChI is InChI=1S/C11H10F2N2O/c12-10-2-1-8(3-11(10)13)4-14-5-9-6-15-16-7-9/h1-3,6-7,14H,4-5H2. The highest BCUT2D eigenvalue weighted by molar-refractivity contribution is 5.17. The Balaban J connectivity index is 1.87. The van der Waals surface area contributed by atoms with E-state index >= 15 is 0 Å². The largest absolute Gasteiger partial charge is 0.364 e. The van der Waals surface area contributed by atoms with Crippen molar-refractivity contribution >= 4 is 0 Å². The summed E-state index contributed by atoms with van der Waals surface area (Å²) in [5.41, 5.74) is 1.60. The summed E-state index contributed by atoms with van der Waals surface area (Å²) in [5, 5.41) is 6.61.